The van der Waals surface area contributed by atoms with E-state index < -0.39 is 11.7 Å². The summed E-state index contributed by atoms with van der Waals surface area (Å²) in [5.41, 5.74) is 11.5. The molecule has 1 unspecified atom stereocenters. The second-order valence-electron chi connectivity index (χ2n) is 3.79. The SMILES string of the molecule is COc1cc(NC(C)CC(N)=O)c(N)cc1F. The number of nitrogens with one attached hydrogen (secondary N) is 1. The first-order valence-corrected chi connectivity index (χ1v) is 5.12. The van der Waals surface area contributed by atoms with Crippen LogP contribution < -0.4 is 21.5 Å². The Morgan fingerprint density at radius 3 is 2.76 bits per heavy atom. The minimum Gasteiger partial charge on any atom is -0.494 e. The molecule has 0 aliphatic heterocycles. The summed E-state index contributed by atoms with van der Waals surface area (Å²) in [7, 11) is 1.37. The average molecular weight is 241 g/mol. The molecule has 0 aliphatic rings. The fraction of sp³-hybridized carbons (Fsp3) is 0.364. The van der Waals surface area contributed by atoms with Crippen LogP contribution in [0.15, 0.2) is 12.1 Å². The fourth-order valence-electron chi connectivity index (χ4n) is 1.47. The van der Waals surface area contributed by atoms with Gasteiger partial charge < -0.3 is 21.5 Å². The fourth-order valence-corrected chi connectivity index (χ4v) is 1.47. The molecule has 17 heavy (non-hydrogen) atoms. The van der Waals surface area contributed by atoms with Crippen molar-refractivity contribution in [2.75, 3.05) is 18.2 Å². The lowest BCUT2D eigenvalue weighted by Gasteiger charge is -2.16. The molecule has 0 fully saturated rings. The zero-order chi connectivity index (χ0) is 13.0. The topological polar surface area (TPSA) is 90.4 Å². The van der Waals surface area contributed by atoms with Gasteiger partial charge in [0.1, 0.15) is 0 Å². The van der Waals surface area contributed by atoms with Crippen LogP contribution in [0.5, 0.6) is 5.75 Å². The number of anilines is 2. The van der Waals surface area contributed by atoms with E-state index in [1.54, 1.807) is 6.92 Å². The predicted molar refractivity (Wildman–Crippen MR) is 64.3 cm³/mol. The molecule has 5 N–H and O–H groups in total. The Morgan fingerprint density at radius 2 is 2.24 bits per heavy atom. The third kappa shape index (κ3) is 3.51. The van der Waals surface area contributed by atoms with Crippen molar-refractivity contribution in [1.82, 2.24) is 0 Å². The normalized spacial score (nSPS) is 11.9. The van der Waals surface area contributed by atoms with Gasteiger partial charge in [0.2, 0.25) is 5.91 Å². The standard InChI is InChI=1S/C11H16FN3O2/c1-6(3-11(14)16)15-9-5-10(17-2)7(12)4-8(9)13/h4-6,15H,3,13H2,1-2H3,(H2,14,16). The minimum absolute atomic E-state index is 0.0907. The minimum atomic E-state index is -0.530. The van der Waals surface area contributed by atoms with E-state index in [1.807, 2.05) is 0 Å². The smallest absolute Gasteiger partial charge is 0.219 e. The molecule has 6 heteroatoms. The molecule has 0 spiro atoms. The van der Waals surface area contributed by atoms with Crippen LogP contribution in [-0.2, 0) is 4.79 Å². The Bertz CT molecular complexity index is 423. The van der Waals surface area contributed by atoms with Crippen LogP contribution in [0, 0.1) is 5.82 Å². The van der Waals surface area contributed by atoms with Crippen molar-refractivity contribution in [2.45, 2.75) is 19.4 Å². The Morgan fingerprint density at radius 1 is 1.59 bits per heavy atom. The summed E-state index contributed by atoms with van der Waals surface area (Å²) in [6.45, 7) is 1.78. The lowest BCUT2D eigenvalue weighted by molar-refractivity contribution is -0.118. The molecule has 1 rings (SSSR count). The van der Waals surface area contributed by atoms with Gasteiger partial charge in [0.25, 0.3) is 0 Å². The third-order valence-corrected chi connectivity index (χ3v) is 2.23. The van der Waals surface area contributed by atoms with Crippen LogP contribution in [0.1, 0.15) is 13.3 Å². The van der Waals surface area contributed by atoms with E-state index in [0.717, 1.165) is 6.07 Å². The van der Waals surface area contributed by atoms with Crippen molar-refractivity contribution in [3.63, 3.8) is 0 Å². The zero-order valence-corrected chi connectivity index (χ0v) is 9.79. The van der Waals surface area contributed by atoms with E-state index in [1.165, 1.54) is 13.2 Å². The van der Waals surface area contributed by atoms with Gasteiger partial charge in [0.15, 0.2) is 11.6 Å². The van der Waals surface area contributed by atoms with Gasteiger partial charge in [-0.25, -0.2) is 4.39 Å². The van der Waals surface area contributed by atoms with Gasteiger partial charge >= 0.3 is 0 Å². The molecule has 1 amide bonds. The first-order chi connectivity index (χ1) is 7.93. The van der Waals surface area contributed by atoms with Gasteiger partial charge in [0.05, 0.1) is 18.5 Å². The highest BCUT2D eigenvalue weighted by atomic mass is 19.1. The van der Waals surface area contributed by atoms with E-state index in [-0.39, 0.29) is 23.9 Å². The molecule has 94 valence electrons. The Kier molecular flexibility index (Phi) is 4.14. The van der Waals surface area contributed by atoms with Crippen LogP contribution in [0.2, 0.25) is 0 Å². The zero-order valence-electron chi connectivity index (χ0n) is 9.79. The second-order valence-corrected chi connectivity index (χ2v) is 3.79. The predicted octanol–water partition coefficient (Wildman–Crippen LogP) is 1.09. The number of halogens is 1. The lowest BCUT2D eigenvalue weighted by Crippen LogP contribution is -2.24. The van der Waals surface area contributed by atoms with Gasteiger partial charge in [-0.05, 0) is 6.92 Å². The van der Waals surface area contributed by atoms with E-state index in [0.29, 0.717) is 5.69 Å². The number of amides is 1. The number of primary amides is 1. The van der Waals surface area contributed by atoms with Crippen LogP contribution in [0.4, 0.5) is 15.8 Å². The molecule has 0 heterocycles. The summed E-state index contributed by atoms with van der Waals surface area (Å²) in [4.78, 5) is 10.7. The molecule has 0 bridgehead atoms. The molecule has 0 radical (unpaired) electrons. The van der Waals surface area contributed by atoms with Crippen LogP contribution in [-0.4, -0.2) is 19.1 Å². The van der Waals surface area contributed by atoms with Gasteiger partial charge in [-0.1, -0.05) is 0 Å². The van der Waals surface area contributed by atoms with Crippen molar-refractivity contribution < 1.29 is 13.9 Å². The molecule has 5 nitrogen and oxygen atoms in total. The van der Waals surface area contributed by atoms with Gasteiger partial charge in [-0.15, -0.1) is 0 Å². The molecule has 1 aromatic carbocycles. The molecule has 1 atom stereocenters. The van der Waals surface area contributed by atoms with Crippen LogP contribution in [0.25, 0.3) is 0 Å². The number of hydrogen-bond donors (Lipinski definition) is 3. The quantitative estimate of drug-likeness (QED) is 0.673. The Hall–Kier alpha value is -1.98. The van der Waals surface area contributed by atoms with Gasteiger partial charge in [-0.2, -0.15) is 0 Å². The number of methoxy groups -OCH3 is 1. The van der Waals surface area contributed by atoms with Crippen molar-refractivity contribution in [3.8, 4) is 5.75 Å². The largest absolute Gasteiger partial charge is 0.494 e. The molecule has 1 aromatic rings. The monoisotopic (exact) mass is 241 g/mol. The van der Waals surface area contributed by atoms with Gasteiger partial charge in [0, 0.05) is 24.6 Å². The maximum atomic E-state index is 13.3. The first-order valence-electron chi connectivity index (χ1n) is 5.12. The van der Waals surface area contributed by atoms with Crippen molar-refractivity contribution in [3.05, 3.63) is 17.9 Å². The van der Waals surface area contributed by atoms with E-state index >= 15 is 0 Å². The van der Waals surface area contributed by atoms with Crippen LogP contribution >= 0.6 is 0 Å². The number of carbonyl (C=O) groups is 1. The molecule has 0 saturated heterocycles. The number of rotatable bonds is 5. The van der Waals surface area contributed by atoms with Crippen molar-refractivity contribution >= 4 is 17.3 Å². The number of ether oxygens (including phenoxy) is 1. The maximum Gasteiger partial charge on any atom is 0.219 e. The lowest BCUT2D eigenvalue weighted by atomic mass is 10.2. The third-order valence-electron chi connectivity index (χ3n) is 2.23. The molecule has 0 aliphatic carbocycles. The Labute approximate surface area is 98.9 Å². The van der Waals surface area contributed by atoms with Crippen molar-refractivity contribution in [1.29, 1.82) is 0 Å². The van der Waals surface area contributed by atoms with Gasteiger partial charge in [-0.3, -0.25) is 4.79 Å². The van der Waals surface area contributed by atoms with E-state index in [9.17, 15) is 9.18 Å². The highest BCUT2D eigenvalue weighted by Crippen LogP contribution is 2.28. The summed E-state index contributed by atoms with van der Waals surface area (Å²) >= 11 is 0. The number of nitrogens with two attached hydrogens (primary N) is 2. The molecule has 0 aromatic heterocycles. The second kappa shape index (κ2) is 5.38. The molecular formula is C11H16FN3O2. The summed E-state index contributed by atoms with van der Waals surface area (Å²) in [6.07, 6.45) is 0.166. The number of benzene rings is 1. The average Bonchev–Trinajstić information content (AvgIpc) is 2.20. The number of hydrogen-bond acceptors (Lipinski definition) is 4. The highest BCUT2D eigenvalue weighted by Gasteiger charge is 2.11. The molecule has 0 saturated carbocycles. The number of carbonyl (C=O) groups excluding carboxylic acids is 1. The summed E-state index contributed by atoms with van der Waals surface area (Å²) in [5, 5.41) is 2.97. The summed E-state index contributed by atoms with van der Waals surface area (Å²) in [5.74, 6) is -0.858. The number of nitrogen functional groups attached to an aromatic ring is 1. The highest BCUT2D eigenvalue weighted by molar-refractivity contribution is 5.76. The Balaban J connectivity index is 2.87. The maximum absolute atomic E-state index is 13.3. The molecular weight excluding hydrogens is 225 g/mol. The van der Waals surface area contributed by atoms with E-state index in [2.05, 4.69) is 5.32 Å². The van der Waals surface area contributed by atoms with Crippen molar-refractivity contribution in [2.24, 2.45) is 5.73 Å². The summed E-state index contributed by atoms with van der Waals surface area (Å²) < 4.78 is 18.1. The summed E-state index contributed by atoms with van der Waals surface area (Å²) in [6, 6.07) is 2.42. The van der Waals surface area contributed by atoms with Crippen LogP contribution in [0.3, 0.4) is 0 Å². The first kappa shape index (κ1) is 13.1. The van der Waals surface area contributed by atoms with E-state index in [4.69, 9.17) is 16.2 Å².